The Balaban J connectivity index is 1.88. The molecule has 2 rings (SSSR count). The molecule has 1 heterocycles. The maximum Gasteiger partial charge on any atom is 0.118 e. The Morgan fingerprint density at radius 3 is 2.17 bits per heavy atom. The molecule has 0 atom stereocenters. The first kappa shape index (κ1) is 18.7. The van der Waals surface area contributed by atoms with Crippen molar-refractivity contribution in [3.63, 3.8) is 0 Å². The normalized spacial score (nSPS) is 20.0. The first-order valence-corrected chi connectivity index (χ1v) is 9.35. The minimum Gasteiger partial charge on any atom is -0.508 e. The fourth-order valence-electron chi connectivity index (χ4n) is 2.80. The third kappa shape index (κ3) is 7.63. The Morgan fingerprint density at radius 1 is 0.913 bits per heavy atom. The van der Waals surface area contributed by atoms with Gasteiger partial charge < -0.3 is 26.4 Å². The topological polar surface area (TPSA) is 68.3 Å². The van der Waals surface area contributed by atoms with Crippen LogP contribution in [0.5, 0.6) is 5.75 Å². The van der Waals surface area contributed by atoms with Gasteiger partial charge >= 0.3 is 0 Å². The number of phenols is 1. The Hall–Kier alpha value is -0.660. The van der Waals surface area contributed by atoms with Gasteiger partial charge in [0, 0.05) is 30.7 Å². The maximum atomic E-state index is 10.1. The third-order valence-electron chi connectivity index (χ3n) is 4.08. The Labute approximate surface area is 147 Å². The number of benzene rings is 1. The summed E-state index contributed by atoms with van der Waals surface area (Å²) < 4.78 is 1.01. The van der Waals surface area contributed by atoms with Crippen LogP contribution in [0.3, 0.4) is 0 Å². The average molecular weight is 385 g/mol. The number of aromatic hydroxyl groups is 1. The molecule has 0 unspecified atom stereocenters. The van der Waals surface area contributed by atoms with Gasteiger partial charge in [0.05, 0.1) is 0 Å². The van der Waals surface area contributed by atoms with Gasteiger partial charge in [0.25, 0.3) is 0 Å². The number of hydrogen-bond donors (Lipinski definition) is 5. The van der Waals surface area contributed by atoms with Gasteiger partial charge in [0.15, 0.2) is 0 Å². The molecule has 0 spiro atoms. The highest BCUT2D eigenvalue weighted by molar-refractivity contribution is 9.10. The highest BCUT2D eigenvalue weighted by atomic mass is 79.9. The van der Waals surface area contributed by atoms with Crippen LogP contribution in [0.1, 0.15) is 12.0 Å². The molecule has 0 aromatic heterocycles. The quantitative estimate of drug-likeness (QED) is 0.527. The molecule has 0 aliphatic carbocycles. The van der Waals surface area contributed by atoms with Crippen molar-refractivity contribution in [1.82, 2.24) is 21.3 Å². The number of hydrogen-bond acceptors (Lipinski definition) is 5. The van der Waals surface area contributed by atoms with Crippen LogP contribution >= 0.6 is 15.9 Å². The second kappa shape index (κ2) is 11.0. The molecule has 1 aromatic carbocycles. The first-order valence-electron chi connectivity index (χ1n) is 8.56. The lowest BCUT2D eigenvalue weighted by atomic mass is 9.98. The number of nitrogens with one attached hydrogen (secondary N) is 4. The van der Waals surface area contributed by atoms with Crippen molar-refractivity contribution in [2.45, 2.75) is 12.8 Å². The Kier molecular flexibility index (Phi) is 8.93. The standard InChI is InChI=1S/C17H29BrN4O/c18-16-2-3-17(23)15(11-16)10-14-12-21-8-6-19-4-1-5-20-7-9-22-13-14/h2-3,11,14,19-23H,1,4-10,12-13H2. The van der Waals surface area contributed by atoms with Crippen LogP contribution in [0.15, 0.2) is 22.7 Å². The van der Waals surface area contributed by atoms with E-state index in [1.165, 1.54) is 6.42 Å². The summed E-state index contributed by atoms with van der Waals surface area (Å²) in [6, 6.07) is 5.65. The predicted octanol–water partition coefficient (Wildman–Crippen LogP) is 1.08. The van der Waals surface area contributed by atoms with Crippen molar-refractivity contribution < 1.29 is 5.11 Å². The van der Waals surface area contributed by atoms with Crippen molar-refractivity contribution in [3.05, 3.63) is 28.2 Å². The van der Waals surface area contributed by atoms with E-state index < -0.39 is 0 Å². The van der Waals surface area contributed by atoms with Crippen LogP contribution in [0.25, 0.3) is 0 Å². The monoisotopic (exact) mass is 384 g/mol. The van der Waals surface area contributed by atoms with Crippen molar-refractivity contribution >= 4 is 15.9 Å². The van der Waals surface area contributed by atoms with Crippen LogP contribution in [-0.4, -0.2) is 57.5 Å². The van der Waals surface area contributed by atoms with E-state index in [-0.39, 0.29) is 0 Å². The summed E-state index contributed by atoms with van der Waals surface area (Å²) in [5.74, 6) is 0.842. The maximum absolute atomic E-state index is 10.1. The molecular weight excluding hydrogens is 356 g/mol. The molecular formula is C17H29BrN4O. The lowest BCUT2D eigenvalue weighted by molar-refractivity contribution is 0.417. The summed E-state index contributed by atoms with van der Waals surface area (Å²) in [4.78, 5) is 0. The molecule has 1 saturated heterocycles. The summed E-state index contributed by atoms with van der Waals surface area (Å²) in [5, 5.41) is 24.0. The van der Waals surface area contributed by atoms with Crippen LogP contribution in [0.2, 0.25) is 0 Å². The average Bonchev–Trinajstić information content (AvgIpc) is 2.54. The van der Waals surface area contributed by atoms with Crippen molar-refractivity contribution in [2.75, 3.05) is 52.4 Å². The van der Waals surface area contributed by atoms with Crippen LogP contribution in [0, 0.1) is 5.92 Å². The molecule has 130 valence electrons. The van der Waals surface area contributed by atoms with Gasteiger partial charge in [-0.15, -0.1) is 0 Å². The molecule has 1 aromatic rings. The first-order chi connectivity index (χ1) is 11.3. The van der Waals surface area contributed by atoms with Crippen LogP contribution < -0.4 is 21.3 Å². The van der Waals surface area contributed by atoms with Gasteiger partial charge in [-0.1, -0.05) is 15.9 Å². The lowest BCUT2D eigenvalue weighted by Gasteiger charge is -2.20. The summed E-state index contributed by atoms with van der Waals surface area (Å²) in [6.45, 7) is 8.00. The van der Waals surface area contributed by atoms with E-state index in [4.69, 9.17) is 0 Å². The molecule has 1 fully saturated rings. The fourth-order valence-corrected chi connectivity index (χ4v) is 3.21. The van der Waals surface area contributed by atoms with E-state index in [0.717, 1.165) is 68.8 Å². The molecule has 0 saturated carbocycles. The highest BCUT2D eigenvalue weighted by Gasteiger charge is 2.12. The minimum atomic E-state index is 0.385. The van der Waals surface area contributed by atoms with Crippen molar-refractivity contribution in [1.29, 1.82) is 0 Å². The molecule has 0 radical (unpaired) electrons. The van der Waals surface area contributed by atoms with Gasteiger partial charge in [-0.25, -0.2) is 0 Å². The zero-order valence-corrected chi connectivity index (χ0v) is 15.3. The van der Waals surface area contributed by atoms with E-state index >= 15 is 0 Å². The Morgan fingerprint density at radius 2 is 1.52 bits per heavy atom. The molecule has 0 bridgehead atoms. The van der Waals surface area contributed by atoms with Crippen LogP contribution in [-0.2, 0) is 6.42 Å². The summed E-state index contributed by atoms with van der Waals surface area (Å²) in [6.07, 6.45) is 2.04. The molecule has 1 aliphatic heterocycles. The smallest absolute Gasteiger partial charge is 0.118 e. The third-order valence-corrected chi connectivity index (χ3v) is 4.57. The van der Waals surface area contributed by atoms with E-state index in [0.29, 0.717) is 11.7 Å². The summed E-state index contributed by atoms with van der Waals surface area (Å²) in [5.41, 5.74) is 1.00. The van der Waals surface area contributed by atoms with E-state index in [2.05, 4.69) is 37.2 Å². The van der Waals surface area contributed by atoms with Gasteiger partial charge in [0.2, 0.25) is 0 Å². The molecule has 5 N–H and O–H groups in total. The summed E-state index contributed by atoms with van der Waals surface area (Å²) in [7, 11) is 0. The van der Waals surface area contributed by atoms with Gasteiger partial charge in [-0.2, -0.15) is 0 Å². The zero-order chi connectivity index (χ0) is 16.3. The van der Waals surface area contributed by atoms with E-state index in [1.54, 1.807) is 6.07 Å². The fraction of sp³-hybridized carbons (Fsp3) is 0.647. The minimum absolute atomic E-state index is 0.385. The predicted molar refractivity (Wildman–Crippen MR) is 99.1 cm³/mol. The lowest BCUT2D eigenvalue weighted by Crippen LogP contribution is -2.39. The molecule has 6 heteroatoms. The molecule has 1 aliphatic rings. The van der Waals surface area contributed by atoms with E-state index in [1.807, 2.05) is 12.1 Å². The largest absolute Gasteiger partial charge is 0.508 e. The highest BCUT2D eigenvalue weighted by Crippen LogP contribution is 2.24. The van der Waals surface area contributed by atoms with Gasteiger partial charge in [0.1, 0.15) is 5.75 Å². The Bertz CT molecular complexity index is 444. The number of rotatable bonds is 2. The van der Waals surface area contributed by atoms with Crippen molar-refractivity contribution in [3.8, 4) is 5.75 Å². The number of halogens is 1. The van der Waals surface area contributed by atoms with Gasteiger partial charge in [-0.05, 0) is 68.7 Å². The molecule has 5 nitrogen and oxygen atoms in total. The van der Waals surface area contributed by atoms with Crippen LogP contribution in [0.4, 0.5) is 0 Å². The summed E-state index contributed by atoms with van der Waals surface area (Å²) >= 11 is 3.49. The second-order valence-corrected chi connectivity index (χ2v) is 7.02. The second-order valence-electron chi connectivity index (χ2n) is 6.10. The molecule has 23 heavy (non-hydrogen) atoms. The van der Waals surface area contributed by atoms with Crippen molar-refractivity contribution in [2.24, 2.45) is 5.92 Å². The SMILES string of the molecule is Oc1ccc(Br)cc1CC1CNCCNCCCNCCNC1. The molecule has 0 amide bonds. The zero-order valence-electron chi connectivity index (χ0n) is 13.7. The van der Waals surface area contributed by atoms with E-state index in [9.17, 15) is 5.11 Å². The number of phenolic OH excluding ortho intramolecular Hbond substituents is 1. The van der Waals surface area contributed by atoms with Gasteiger partial charge in [-0.3, -0.25) is 0 Å².